The van der Waals surface area contributed by atoms with Crippen LogP contribution >= 0.6 is 23.2 Å². The molecular weight excluding hydrogens is 349 g/mol. The lowest BCUT2D eigenvalue weighted by atomic mass is 10.2. The standard InChI is InChI=1S/C15H10Cl2F2N2O2/c16-9-2-1-3-12(15(9)17)21-14(23)7-13(22)20-8-4-5-10(18)11(19)6-8/h1-6H,7H2,(H,20,22)(H,21,23). The summed E-state index contributed by atoms with van der Waals surface area (Å²) < 4.78 is 25.8. The van der Waals surface area contributed by atoms with E-state index in [4.69, 9.17) is 23.2 Å². The topological polar surface area (TPSA) is 58.2 Å². The Hall–Kier alpha value is -2.18. The summed E-state index contributed by atoms with van der Waals surface area (Å²) >= 11 is 11.7. The molecule has 0 radical (unpaired) electrons. The van der Waals surface area contributed by atoms with Gasteiger partial charge in [0.1, 0.15) is 6.42 Å². The van der Waals surface area contributed by atoms with Crippen LogP contribution in [0, 0.1) is 11.6 Å². The molecule has 2 aromatic rings. The zero-order valence-electron chi connectivity index (χ0n) is 11.5. The Bertz CT molecular complexity index is 769. The number of hydrogen-bond acceptors (Lipinski definition) is 2. The summed E-state index contributed by atoms with van der Waals surface area (Å²) in [5.41, 5.74) is 0.312. The fraction of sp³-hybridized carbons (Fsp3) is 0.0667. The van der Waals surface area contributed by atoms with Crippen molar-refractivity contribution in [2.75, 3.05) is 10.6 Å². The van der Waals surface area contributed by atoms with Gasteiger partial charge in [-0.05, 0) is 24.3 Å². The maximum Gasteiger partial charge on any atom is 0.233 e. The average molecular weight is 359 g/mol. The maximum absolute atomic E-state index is 13.0. The summed E-state index contributed by atoms with van der Waals surface area (Å²) in [6, 6.07) is 7.54. The Labute approximate surface area is 140 Å². The van der Waals surface area contributed by atoms with Gasteiger partial charge >= 0.3 is 0 Å². The Kier molecular flexibility index (Phi) is 5.52. The van der Waals surface area contributed by atoms with Gasteiger partial charge in [-0.3, -0.25) is 9.59 Å². The molecule has 0 fully saturated rings. The second kappa shape index (κ2) is 7.39. The van der Waals surface area contributed by atoms with Crippen LogP contribution in [-0.2, 0) is 9.59 Å². The minimum atomic E-state index is -1.10. The normalized spacial score (nSPS) is 10.3. The van der Waals surface area contributed by atoms with Gasteiger partial charge in [-0.2, -0.15) is 0 Å². The monoisotopic (exact) mass is 358 g/mol. The smallest absolute Gasteiger partial charge is 0.233 e. The molecule has 8 heteroatoms. The molecule has 0 atom stereocenters. The molecule has 0 heterocycles. The third kappa shape index (κ3) is 4.64. The van der Waals surface area contributed by atoms with Crippen molar-refractivity contribution >= 4 is 46.4 Å². The Balaban J connectivity index is 1.95. The zero-order chi connectivity index (χ0) is 17.0. The molecule has 0 saturated heterocycles. The number of hydrogen-bond donors (Lipinski definition) is 2. The van der Waals surface area contributed by atoms with Gasteiger partial charge in [-0.15, -0.1) is 0 Å². The van der Waals surface area contributed by atoms with Gasteiger partial charge in [0, 0.05) is 11.8 Å². The first-order valence-corrected chi connectivity index (χ1v) is 7.11. The van der Waals surface area contributed by atoms with E-state index >= 15 is 0 Å². The van der Waals surface area contributed by atoms with Gasteiger partial charge in [0.2, 0.25) is 11.8 Å². The lowest BCUT2D eigenvalue weighted by Crippen LogP contribution is -2.21. The second-order valence-electron chi connectivity index (χ2n) is 4.50. The van der Waals surface area contributed by atoms with Crippen LogP contribution in [0.25, 0.3) is 0 Å². The molecule has 0 aliphatic rings. The number of carbonyl (C=O) groups excluding carboxylic acids is 2. The summed E-state index contributed by atoms with van der Waals surface area (Å²) in [6.07, 6.45) is -0.526. The quantitative estimate of drug-likeness (QED) is 0.803. The minimum Gasteiger partial charge on any atom is -0.326 e. The number of rotatable bonds is 4. The number of benzene rings is 2. The van der Waals surface area contributed by atoms with E-state index in [9.17, 15) is 18.4 Å². The van der Waals surface area contributed by atoms with E-state index in [1.807, 2.05) is 0 Å². The van der Waals surface area contributed by atoms with Crippen LogP contribution in [0.2, 0.25) is 10.0 Å². The van der Waals surface area contributed by atoms with Crippen molar-refractivity contribution in [3.05, 3.63) is 58.1 Å². The molecule has 0 aliphatic carbocycles. The molecular formula is C15H10Cl2F2N2O2. The molecule has 2 rings (SSSR count). The van der Waals surface area contributed by atoms with E-state index in [0.29, 0.717) is 0 Å². The number of halogens is 4. The van der Waals surface area contributed by atoms with Crippen LogP contribution in [-0.4, -0.2) is 11.8 Å². The van der Waals surface area contributed by atoms with Crippen LogP contribution in [0.3, 0.4) is 0 Å². The summed E-state index contributed by atoms with van der Waals surface area (Å²) in [7, 11) is 0. The van der Waals surface area contributed by atoms with Crippen LogP contribution in [0.15, 0.2) is 36.4 Å². The highest BCUT2D eigenvalue weighted by atomic mass is 35.5. The van der Waals surface area contributed by atoms with Crippen LogP contribution < -0.4 is 10.6 Å². The Morgan fingerprint density at radius 2 is 1.65 bits per heavy atom. The maximum atomic E-state index is 13.0. The van der Waals surface area contributed by atoms with Gasteiger partial charge in [0.15, 0.2) is 11.6 Å². The Morgan fingerprint density at radius 1 is 0.957 bits per heavy atom. The van der Waals surface area contributed by atoms with Gasteiger partial charge in [-0.1, -0.05) is 29.3 Å². The SMILES string of the molecule is O=C(CC(=O)Nc1cccc(Cl)c1Cl)Nc1ccc(F)c(F)c1. The predicted molar refractivity (Wildman–Crippen MR) is 84.7 cm³/mol. The predicted octanol–water partition coefficient (Wildman–Crippen LogP) is 4.24. The second-order valence-corrected chi connectivity index (χ2v) is 5.29. The van der Waals surface area contributed by atoms with E-state index in [1.165, 1.54) is 12.1 Å². The minimum absolute atomic E-state index is 0.0440. The summed E-state index contributed by atoms with van der Waals surface area (Å²) in [4.78, 5) is 23.5. The van der Waals surface area contributed by atoms with Crippen LogP contribution in [0.5, 0.6) is 0 Å². The van der Waals surface area contributed by atoms with E-state index in [-0.39, 0.29) is 21.4 Å². The molecule has 0 bridgehead atoms. The largest absolute Gasteiger partial charge is 0.326 e. The van der Waals surface area contributed by atoms with Gasteiger partial charge in [-0.25, -0.2) is 8.78 Å². The molecule has 0 unspecified atom stereocenters. The van der Waals surface area contributed by atoms with Crippen molar-refractivity contribution in [2.24, 2.45) is 0 Å². The zero-order valence-corrected chi connectivity index (χ0v) is 13.0. The molecule has 4 nitrogen and oxygen atoms in total. The van der Waals surface area contributed by atoms with E-state index in [2.05, 4.69) is 10.6 Å². The highest BCUT2D eigenvalue weighted by Gasteiger charge is 2.13. The number of amides is 2. The van der Waals surface area contributed by atoms with Crippen molar-refractivity contribution in [2.45, 2.75) is 6.42 Å². The third-order valence-corrected chi connectivity index (χ3v) is 3.57. The van der Waals surface area contributed by atoms with Crippen LogP contribution in [0.1, 0.15) is 6.42 Å². The lowest BCUT2D eigenvalue weighted by molar-refractivity contribution is -0.123. The van der Waals surface area contributed by atoms with Crippen molar-refractivity contribution in [3.8, 4) is 0 Å². The molecule has 2 N–H and O–H groups in total. The van der Waals surface area contributed by atoms with E-state index in [1.54, 1.807) is 12.1 Å². The van der Waals surface area contributed by atoms with Crippen molar-refractivity contribution in [1.82, 2.24) is 0 Å². The fourth-order valence-corrected chi connectivity index (χ4v) is 2.07. The first kappa shape index (κ1) is 17.2. The third-order valence-electron chi connectivity index (χ3n) is 2.75. The van der Waals surface area contributed by atoms with Gasteiger partial charge in [0.25, 0.3) is 0 Å². The van der Waals surface area contributed by atoms with Gasteiger partial charge in [0.05, 0.1) is 15.7 Å². The highest BCUT2D eigenvalue weighted by Crippen LogP contribution is 2.29. The Morgan fingerprint density at radius 3 is 2.35 bits per heavy atom. The van der Waals surface area contributed by atoms with Crippen molar-refractivity contribution in [3.63, 3.8) is 0 Å². The first-order chi connectivity index (χ1) is 10.9. The summed E-state index contributed by atoms with van der Waals surface area (Å²) in [6.45, 7) is 0. The average Bonchev–Trinajstić information content (AvgIpc) is 2.47. The summed E-state index contributed by atoms with van der Waals surface area (Å²) in [5.74, 6) is -3.45. The molecule has 2 aromatic carbocycles. The molecule has 0 saturated carbocycles. The molecule has 2 amide bonds. The van der Waals surface area contributed by atoms with Crippen LogP contribution in [0.4, 0.5) is 20.2 Å². The van der Waals surface area contributed by atoms with Gasteiger partial charge < -0.3 is 10.6 Å². The first-order valence-electron chi connectivity index (χ1n) is 6.35. The number of nitrogens with one attached hydrogen (secondary N) is 2. The molecule has 0 spiro atoms. The molecule has 23 heavy (non-hydrogen) atoms. The number of carbonyl (C=O) groups is 2. The summed E-state index contributed by atoms with van der Waals surface area (Å²) in [5, 5.41) is 5.14. The van der Waals surface area contributed by atoms with E-state index < -0.39 is 29.9 Å². The number of anilines is 2. The van der Waals surface area contributed by atoms with Crippen molar-refractivity contribution in [1.29, 1.82) is 0 Å². The highest BCUT2D eigenvalue weighted by molar-refractivity contribution is 6.44. The molecule has 0 aromatic heterocycles. The fourth-order valence-electron chi connectivity index (χ4n) is 1.72. The molecule has 120 valence electrons. The van der Waals surface area contributed by atoms with Crippen molar-refractivity contribution < 1.29 is 18.4 Å². The van der Waals surface area contributed by atoms with E-state index in [0.717, 1.165) is 12.1 Å². The lowest BCUT2D eigenvalue weighted by Gasteiger charge is -2.09. The molecule has 0 aliphatic heterocycles.